The van der Waals surface area contributed by atoms with E-state index in [1.165, 1.54) is 5.56 Å². The molecule has 2 N–H and O–H groups in total. The van der Waals surface area contributed by atoms with Crippen LogP contribution in [0.3, 0.4) is 0 Å². The highest BCUT2D eigenvalue weighted by Crippen LogP contribution is 2.29. The maximum absolute atomic E-state index is 13.3. The fourth-order valence-electron chi connectivity index (χ4n) is 5.12. The summed E-state index contributed by atoms with van der Waals surface area (Å²) in [5.41, 5.74) is 7.38. The van der Waals surface area contributed by atoms with Gasteiger partial charge in [-0.05, 0) is 86.2 Å². The summed E-state index contributed by atoms with van der Waals surface area (Å²) in [7, 11) is 0. The van der Waals surface area contributed by atoms with Gasteiger partial charge in [-0.3, -0.25) is 4.79 Å². The van der Waals surface area contributed by atoms with Crippen molar-refractivity contribution in [1.29, 1.82) is 0 Å². The SMILES string of the molecule is Cc1c(C)n(Cc2cccc(OC(C)c3n[nH]c(=O)o3)c2)c2ccc(C(=O)NC(C)c3cccc(C(C)C)c3)cc12. The van der Waals surface area contributed by atoms with E-state index >= 15 is 0 Å². The highest BCUT2D eigenvalue weighted by atomic mass is 16.5. The number of nitrogens with zero attached hydrogens (tertiary/aromatic N) is 2. The Bertz CT molecular complexity index is 1760. The number of carbonyl (C=O) groups is 1. The van der Waals surface area contributed by atoms with Crippen LogP contribution in [-0.4, -0.2) is 20.7 Å². The van der Waals surface area contributed by atoms with Crippen LogP contribution >= 0.6 is 0 Å². The van der Waals surface area contributed by atoms with Gasteiger partial charge in [0.2, 0.25) is 0 Å². The normalized spacial score (nSPS) is 13.0. The van der Waals surface area contributed by atoms with Crippen LogP contribution < -0.4 is 15.8 Å². The van der Waals surface area contributed by atoms with Gasteiger partial charge in [0, 0.05) is 28.7 Å². The van der Waals surface area contributed by atoms with Crippen LogP contribution in [0.15, 0.2) is 75.9 Å². The summed E-state index contributed by atoms with van der Waals surface area (Å²) in [6, 6.07) is 22.0. The number of H-pyrrole nitrogens is 1. The predicted octanol–water partition coefficient (Wildman–Crippen LogP) is 6.74. The molecule has 0 saturated heterocycles. The molecule has 5 rings (SSSR count). The number of ether oxygens (including phenoxy) is 1. The highest BCUT2D eigenvalue weighted by molar-refractivity contribution is 5.99. The molecular weight excluding hydrogens is 516 g/mol. The van der Waals surface area contributed by atoms with Crippen LogP contribution in [-0.2, 0) is 6.54 Å². The predicted molar refractivity (Wildman–Crippen MR) is 160 cm³/mol. The molecule has 212 valence electrons. The number of benzene rings is 3. The molecule has 0 aliphatic rings. The van der Waals surface area contributed by atoms with Crippen molar-refractivity contribution in [3.05, 3.63) is 117 Å². The molecule has 0 spiro atoms. The number of amides is 1. The molecule has 2 atom stereocenters. The Morgan fingerprint density at radius 2 is 1.76 bits per heavy atom. The summed E-state index contributed by atoms with van der Waals surface area (Å²) in [6.45, 7) is 13.0. The van der Waals surface area contributed by atoms with E-state index in [4.69, 9.17) is 9.15 Å². The molecule has 8 heteroatoms. The van der Waals surface area contributed by atoms with Crippen molar-refractivity contribution in [1.82, 2.24) is 20.1 Å². The number of aromatic nitrogens is 3. The lowest BCUT2D eigenvalue weighted by Gasteiger charge is -2.16. The number of aryl methyl sites for hydroxylation is 1. The van der Waals surface area contributed by atoms with Crippen LogP contribution in [0.1, 0.15) is 90.0 Å². The van der Waals surface area contributed by atoms with Crippen molar-refractivity contribution in [2.75, 3.05) is 0 Å². The zero-order valence-corrected chi connectivity index (χ0v) is 24.3. The molecular formula is C33H36N4O4. The van der Waals surface area contributed by atoms with Gasteiger partial charge in [-0.15, -0.1) is 5.10 Å². The fourth-order valence-corrected chi connectivity index (χ4v) is 5.12. The Hall–Kier alpha value is -4.59. The Morgan fingerprint density at radius 1 is 1.00 bits per heavy atom. The number of hydrogen-bond donors (Lipinski definition) is 2. The van der Waals surface area contributed by atoms with Crippen LogP contribution in [0.5, 0.6) is 5.75 Å². The average molecular weight is 553 g/mol. The first-order valence-corrected chi connectivity index (χ1v) is 13.9. The lowest BCUT2D eigenvalue weighted by molar-refractivity contribution is 0.0940. The molecule has 41 heavy (non-hydrogen) atoms. The largest absolute Gasteiger partial charge is 0.481 e. The van der Waals surface area contributed by atoms with Crippen molar-refractivity contribution in [3.63, 3.8) is 0 Å². The first-order valence-electron chi connectivity index (χ1n) is 13.9. The van der Waals surface area contributed by atoms with E-state index in [1.54, 1.807) is 6.92 Å². The minimum absolute atomic E-state index is 0.0918. The van der Waals surface area contributed by atoms with E-state index in [0.29, 0.717) is 23.8 Å². The molecule has 0 radical (unpaired) electrons. The maximum Gasteiger partial charge on any atom is 0.434 e. The van der Waals surface area contributed by atoms with Gasteiger partial charge in [0.1, 0.15) is 5.75 Å². The minimum Gasteiger partial charge on any atom is -0.481 e. The van der Waals surface area contributed by atoms with Gasteiger partial charge in [0.15, 0.2) is 6.10 Å². The Morgan fingerprint density at radius 3 is 2.49 bits per heavy atom. The quantitative estimate of drug-likeness (QED) is 0.211. The molecule has 2 aromatic heterocycles. The van der Waals surface area contributed by atoms with Crippen LogP contribution in [0.4, 0.5) is 0 Å². The topological polar surface area (TPSA) is 102 Å². The molecule has 2 unspecified atom stereocenters. The van der Waals surface area contributed by atoms with E-state index in [-0.39, 0.29) is 17.8 Å². The summed E-state index contributed by atoms with van der Waals surface area (Å²) >= 11 is 0. The van der Waals surface area contributed by atoms with Crippen molar-refractivity contribution >= 4 is 16.8 Å². The van der Waals surface area contributed by atoms with Crippen molar-refractivity contribution in [2.24, 2.45) is 0 Å². The summed E-state index contributed by atoms with van der Waals surface area (Å²) < 4.78 is 13.2. The molecule has 0 fully saturated rings. The summed E-state index contributed by atoms with van der Waals surface area (Å²) in [6.07, 6.45) is -0.521. The Balaban J connectivity index is 1.34. The van der Waals surface area contributed by atoms with Gasteiger partial charge in [-0.2, -0.15) is 0 Å². The van der Waals surface area contributed by atoms with E-state index in [1.807, 2.05) is 49.4 Å². The number of carbonyl (C=O) groups excluding carboxylic acids is 1. The standard InChI is InChI=1S/C33H36N4O4/c1-19(2)25-10-8-11-26(16-25)21(4)34-31(38)27-13-14-30-29(17-27)20(3)22(5)37(30)18-24-9-7-12-28(15-24)40-23(6)32-35-36-33(39)41-32/h7-17,19,21,23H,18H2,1-6H3,(H,34,38)(H,36,39). The van der Waals surface area contributed by atoms with Gasteiger partial charge in [0.05, 0.1) is 6.04 Å². The van der Waals surface area contributed by atoms with Gasteiger partial charge < -0.3 is 19.0 Å². The smallest absolute Gasteiger partial charge is 0.434 e. The first-order chi connectivity index (χ1) is 19.6. The maximum atomic E-state index is 13.3. The monoisotopic (exact) mass is 552 g/mol. The summed E-state index contributed by atoms with van der Waals surface area (Å²) in [5.74, 6) is 0.576. The highest BCUT2D eigenvalue weighted by Gasteiger charge is 2.18. The third-order valence-corrected chi connectivity index (χ3v) is 7.68. The summed E-state index contributed by atoms with van der Waals surface area (Å²) in [5, 5.41) is 10.3. The third-order valence-electron chi connectivity index (χ3n) is 7.68. The second kappa shape index (κ2) is 11.5. The molecule has 0 aliphatic carbocycles. The number of aromatic amines is 1. The molecule has 1 amide bonds. The van der Waals surface area contributed by atoms with Gasteiger partial charge >= 0.3 is 5.76 Å². The lowest BCUT2D eigenvalue weighted by Crippen LogP contribution is -2.26. The van der Waals surface area contributed by atoms with Crippen molar-refractivity contribution < 1.29 is 13.9 Å². The van der Waals surface area contributed by atoms with E-state index in [9.17, 15) is 9.59 Å². The van der Waals surface area contributed by atoms with Gasteiger partial charge in [-0.1, -0.05) is 50.2 Å². The number of rotatable bonds is 9. The first kappa shape index (κ1) is 28.0. The number of hydrogen-bond acceptors (Lipinski definition) is 5. The lowest BCUT2D eigenvalue weighted by atomic mass is 9.98. The zero-order valence-electron chi connectivity index (χ0n) is 24.3. The van der Waals surface area contributed by atoms with E-state index in [2.05, 4.69) is 72.0 Å². The Labute approximate surface area is 239 Å². The van der Waals surface area contributed by atoms with E-state index in [0.717, 1.165) is 33.3 Å². The summed E-state index contributed by atoms with van der Waals surface area (Å²) in [4.78, 5) is 24.5. The Kier molecular flexibility index (Phi) is 7.83. The zero-order chi connectivity index (χ0) is 29.3. The molecule has 3 aromatic carbocycles. The van der Waals surface area contributed by atoms with Gasteiger partial charge in [-0.25, -0.2) is 9.89 Å². The van der Waals surface area contributed by atoms with Crippen LogP contribution in [0.25, 0.3) is 10.9 Å². The molecule has 2 heterocycles. The average Bonchev–Trinajstić information content (AvgIpc) is 3.50. The van der Waals surface area contributed by atoms with Gasteiger partial charge in [0.25, 0.3) is 11.8 Å². The fraction of sp³-hybridized carbons (Fsp3) is 0.303. The van der Waals surface area contributed by atoms with E-state index < -0.39 is 11.9 Å². The van der Waals surface area contributed by atoms with Crippen molar-refractivity contribution in [2.45, 2.75) is 66.2 Å². The third kappa shape index (κ3) is 5.96. The number of nitrogens with one attached hydrogen (secondary N) is 2. The second-order valence-electron chi connectivity index (χ2n) is 10.9. The second-order valence-corrected chi connectivity index (χ2v) is 10.9. The number of fused-ring (bicyclic) bond motifs is 1. The molecule has 0 saturated carbocycles. The molecule has 5 aromatic rings. The molecule has 0 aliphatic heterocycles. The molecule has 0 bridgehead atoms. The van der Waals surface area contributed by atoms with Crippen molar-refractivity contribution in [3.8, 4) is 5.75 Å². The molecule has 8 nitrogen and oxygen atoms in total. The van der Waals surface area contributed by atoms with Crippen LogP contribution in [0.2, 0.25) is 0 Å². The van der Waals surface area contributed by atoms with Crippen LogP contribution in [0, 0.1) is 13.8 Å². The minimum atomic E-state index is -0.610.